The van der Waals surface area contributed by atoms with Gasteiger partial charge >= 0.3 is 0 Å². The molecular weight excluding hydrogens is 254 g/mol. The largest absolute Gasteiger partial charge is 0.311 e. The van der Waals surface area contributed by atoms with E-state index in [1.165, 1.54) is 21.7 Å². The topological polar surface area (TPSA) is 29.9 Å². The first-order valence-electron chi connectivity index (χ1n) is 5.53. The minimum Gasteiger partial charge on any atom is -0.311 e. The summed E-state index contributed by atoms with van der Waals surface area (Å²) in [5.41, 5.74) is 4.11. The van der Waals surface area contributed by atoms with Gasteiger partial charge in [-0.25, -0.2) is 0 Å². The second-order valence-electron chi connectivity index (χ2n) is 4.29. The van der Waals surface area contributed by atoms with Crippen molar-refractivity contribution in [2.45, 2.75) is 19.4 Å². The van der Waals surface area contributed by atoms with Crippen LogP contribution in [0, 0.1) is 6.92 Å². The van der Waals surface area contributed by atoms with Crippen LogP contribution in [0.2, 0.25) is 0 Å². The molecule has 1 atom stereocenters. The number of fused-ring (bicyclic) bond motifs is 1. The highest BCUT2D eigenvalue weighted by atomic mass is 35.5. The number of nitrogens with one attached hydrogen (secondary N) is 1. The Morgan fingerprint density at radius 2 is 2.29 bits per heavy atom. The first kappa shape index (κ1) is 12.6. The number of hydrogen-bond donors (Lipinski definition) is 1. The average molecular weight is 270 g/mol. The Labute approximate surface area is 111 Å². The quantitative estimate of drug-likeness (QED) is 0.862. The van der Waals surface area contributed by atoms with Gasteiger partial charge in [-0.2, -0.15) is 5.10 Å². The molecule has 2 aromatic rings. The lowest BCUT2D eigenvalue weighted by Gasteiger charge is -2.23. The molecule has 1 aliphatic heterocycles. The van der Waals surface area contributed by atoms with Gasteiger partial charge in [0.05, 0.1) is 6.20 Å². The monoisotopic (exact) mass is 269 g/mol. The van der Waals surface area contributed by atoms with E-state index >= 15 is 0 Å². The van der Waals surface area contributed by atoms with Gasteiger partial charge in [-0.3, -0.25) is 4.68 Å². The molecule has 3 heterocycles. The minimum absolute atomic E-state index is 0. The number of thiophene rings is 1. The lowest BCUT2D eigenvalue weighted by Crippen LogP contribution is -2.27. The summed E-state index contributed by atoms with van der Waals surface area (Å²) in [4.78, 5) is 1.47. The van der Waals surface area contributed by atoms with E-state index in [1.807, 2.05) is 29.3 Å². The maximum atomic E-state index is 4.34. The van der Waals surface area contributed by atoms with Gasteiger partial charge in [0.2, 0.25) is 0 Å². The van der Waals surface area contributed by atoms with E-state index in [2.05, 4.69) is 28.8 Å². The van der Waals surface area contributed by atoms with E-state index in [9.17, 15) is 0 Å². The Morgan fingerprint density at radius 1 is 1.47 bits per heavy atom. The number of hydrogen-bond acceptors (Lipinski definition) is 3. The minimum atomic E-state index is 0. The van der Waals surface area contributed by atoms with Gasteiger partial charge in [-0.15, -0.1) is 23.7 Å². The van der Waals surface area contributed by atoms with Gasteiger partial charge in [-0.05, 0) is 23.9 Å². The average Bonchev–Trinajstić information content (AvgIpc) is 2.87. The molecule has 0 saturated heterocycles. The second-order valence-corrected chi connectivity index (χ2v) is 5.29. The smallest absolute Gasteiger partial charge is 0.0531 e. The predicted molar refractivity (Wildman–Crippen MR) is 73.1 cm³/mol. The van der Waals surface area contributed by atoms with Crippen molar-refractivity contribution in [2.24, 2.45) is 7.05 Å². The zero-order valence-corrected chi connectivity index (χ0v) is 11.6. The third-order valence-corrected chi connectivity index (χ3v) is 4.37. The maximum Gasteiger partial charge on any atom is 0.0531 e. The summed E-state index contributed by atoms with van der Waals surface area (Å²) in [5, 5.41) is 10.0. The molecule has 0 bridgehead atoms. The lowest BCUT2D eigenvalue weighted by atomic mass is 9.90. The van der Waals surface area contributed by atoms with Gasteiger partial charge in [-0.1, -0.05) is 0 Å². The molecule has 1 aliphatic rings. The zero-order chi connectivity index (χ0) is 11.1. The van der Waals surface area contributed by atoms with Crippen molar-refractivity contribution in [3.63, 3.8) is 0 Å². The van der Waals surface area contributed by atoms with Crippen LogP contribution < -0.4 is 5.32 Å². The number of rotatable bonds is 1. The van der Waals surface area contributed by atoms with Crippen LogP contribution in [0.5, 0.6) is 0 Å². The third-order valence-electron chi connectivity index (χ3n) is 3.44. The van der Waals surface area contributed by atoms with Crippen LogP contribution in [0.3, 0.4) is 0 Å². The summed E-state index contributed by atoms with van der Waals surface area (Å²) >= 11 is 1.85. The molecular formula is C12H16ClN3S. The molecule has 2 aromatic heterocycles. The summed E-state index contributed by atoms with van der Waals surface area (Å²) in [6.45, 7) is 4.18. The van der Waals surface area contributed by atoms with Crippen LogP contribution in [0.1, 0.15) is 27.6 Å². The standard InChI is InChI=1S/C12H15N3S.ClH/c1-8-10(6-14-15(8)2)11-5-13-7-12-9(11)3-4-16-12;/h3-4,6,11,13H,5,7H2,1-2H3;1H. The number of halogens is 1. The van der Waals surface area contributed by atoms with Crippen molar-refractivity contribution < 1.29 is 0 Å². The molecule has 0 radical (unpaired) electrons. The van der Waals surface area contributed by atoms with Crippen molar-refractivity contribution in [1.82, 2.24) is 15.1 Å². The molecule has 3 nitrogen and oxygen atoms in total. The van der Waals surface area contributed by atoms with Crippen LogP contribution in [0.25, 0.3) is 0 Å². The molecule has 0 aromatic carbocycles. The molecule has 92 valence electrons. The van der Waals surface area contributed by atoms with Crippen molar-refractivity contribution >= 4 is 23.7 Å². The second kappa shape index (κ2) is 4.80. The molecule has 5 heteroatoms. The molecule has 3 rings (SSSR count). The van der Waals surface area contributed by atoms with Crippen LogP contribution >= 0.6 is 23.7 Å². The fraction of sp³-hybridized carbons (Fsp3) is 0.417. The molecule has 0 amide bonds. The van der Waals surface area contributed by atoms with Gasteiger partial charge in [0.1, 0.15) is 0 Å². The van der Waals surface area contributed by atoms with Gasteiger partial charge in [0, 0.05) is 42.2 Å². The molecule has 1 unspecified atom stereocenters. The Bertz CT molecular complexity index is 518. The predicted octanol–water partition coefficient (Wildman–Crippen LogP) is 2.45. The van der Waals surface area contributed by atoms with Gasteiger partial charge < -0.3 is 5.32 Å². The molecule has 1 N–H and O–H groups in total. The molecule has 17 heavy (non-hydrogen) atoms. The summed E-state index contributed by atoms with van der Waals surface area (Å²) in [6.07, 6.45) is 2.01. The summed E-state index contributed by atoms with van der Waals surface area (Å²) in [7, 11) is 2.00. The van der Waals surface area contributed by atoms with Crippen LogP contribution in [0.4, 0.5) is 0 Å². The normalized spacial score (nSPS) is 18.6. The molecule has 0 spiro atoms. The Kier molecular flexibility index (Phi) is 3.56. The first-order valence-corrected chi connectivity index (χ1v) is 6.41. The fourth-order valence-corrected chi connectivity index (χ4v) is 3.29. The van der Waals surface area contributed by atoms with Crippen LogP contribution in [-0.4, -0.2) is 16.3 Å². The van der Waals surface area contributed by atoms with Crippen LogP contribution in [0.15, 0.2) is 17.6 Å². The van der Waals surface area contributed by atoms with Crippen molar-refractivity contribution in [1.29, 1.82) is 0 Å². The Morgan fingerprint density at radius 3 is 3.00 bits per heavy atom. The van der Waals surface area contributed by atoms with E-state index in [-0.39, 0.29) is 12.4 Å². The SMILES string of the molecule is Cc1c(C2CNCc3sccc32)cnn1C.Cl. The summed E-state index contributed by atoms with van der Waals surface area (Å²) < 4.78 is 1.95. The van der Waals surface area contributed by atoms with E-state index in [1.54, 1.807) is 0 Å². The first-order chi connectivity index (χ1) is 7.77. The van der Waals surface area contributed by atoms with E-state index in [0.29, 0.717) is 5.92 Å². The molecule has 0 fully saturated rings. The number of aryl methyl sites for hydroxylation is 1. The maximum absolute atomic E-state index is 4.34. The zero-order valence-electron chi connectivity index (χ0n) is 9.93. The number of aromatic nitrogens is 2. The Hall–Kier alpha value is -0.840. The van der Waals surface area contributed by atoms with Crippen molar-refractivity contribution in [2.75, 3.05) is 6.54 Å². The molecule has 0 saturated carbocycles. The highest BCUT2D eigenvalue weighted by Crippen LogP contribution is 2.34. The van der Waals surface area contributed by atoms with E-state index in [0.717, 1.165) is 13.1 Å². The third kappa shape index (κ3) is 2.01. The fourth-order valence-electron chi connectivity index (χ4n) is 2.38. The Balaban J connectivity index is 0.00000108. The highest BCUT2D eigenvalue weighted by molar-refractivity contribution is 7.10. The van der Waals surface area contributed by atoms with Crippen molar-refractivity contribution in [3.8, 4) is 0 Å². The summed E-state index contributed by atoms with van der Waals surface area (Å²) in [6, 6.07) is 2.26. The highest BCUT2D eigenvalue weighted by Gasteiger charge is 2.24. The van der Waals surface area contributed by atoms with E-state index < -0.39 is 0 Å². The van der Waals surface area contributed by atoms with Gasteiger partial charge in [0.15, 0.2) is 0 Å². The van der Waals surface area contributed by atoms with E-state index in [4.69, 9.17) is 0 Å². The number of nitrogens with zero attached hydrogens (tertiary/aromatic N) is 2. The van der Waals surface area contributed by atoms with Gasteiger partial charge in [0.25, 0.3) is 0 Å². The van der Waals surface area contributed by atoms with Crippen molar-refractivity contribution in [3.05, 3.63) is 39.3 Å². The molecule has 0 aliphatic carbocycles. The summed E-state index contributed by atoms with van der Waals surface area (Å²) in [5.74, 6) is 0.476. The lowest BCUT2D eigenvalue weighted by molar-refractivity contribution is 0.597. The van der Waals surface area contributed by atoms with Crippen LogP contribution in [-0.2, 0) is 13.6 Å².